The quantitative estimate of drug-likeness (QED) is 0.780. The van der Waals surface area contributed by atoms with Crippen molar-refractivity contribution in [2.75, 3.05) is 11.9 Å². The van der Waals surface area contributed by atoms with Crippen molar-refractivity contribution >= 4 is 11.6 Å². The number of aryl methyl sites for hydroxylation is 1. The third-order valence-electron chi connectivity index (χ3n) is 3.49. The summed E-state index contributed by atoms with van der Waals surface area (Å²) >= 11 is 0. The van der Waals surface area contributed by atoms with Crippen LogP contribution in [-0.4, -0.2) is 32.7 Å². The Morgan fingerprint density at radius 2 is 2.08 bits per heavy atom. The second-order valence-corrected chi connectivity index (χ2v) is 5.14. The molecule has 0 spiro atoms. The Balaban J connectivity index is 1.87. The normalized spacial score (nSPS) is 10.4. The summed E-state index contributed by atoms with van der Waals surface area (Å²) in [5.41, 5.74) is 2.94. The van der Waals surface area contributed by atoms with Crippen molar-refractivity contribution in [3.8, 4) is 11.4 Å². The minimum absolute atomic E-state index is 0.231. The first-order chi connectivity index (χ1) is 11.7. The van der Waals surface area contributed by atoms with Crippen LogP contribution in [-0.2, 0) is 0 Å². The van der Waals surface area contributed by atoms with Crippen molar-refractivity contribution in [3.05, 3.63) is 59.9 Å². The average Bonchev–Trinajstić information content (AvgIpc) is 3.11. The van der Waals surface area contributed by atoms with Crippen molar-refractivity contribution in [1.29, 1.82) is 0 Å². The molecule has 0 saturated carbocycles. The molecule has 24 heavy (non-hydrogen) atoms. The zero-order valence-corrected chi connectivity index (χ0v) is 13.4. The monoisotopic (exact) mass is 323 g/mol. The first kappa shape index (κ1) is 15.7. The van der Waals surface area contributed by atoms with Gasteiger partial charge in [-0.3, -0.25) is 4.79 Å². The lowest BCUT2D eigenvalue weighted by atomic mass is 10.1. The molecular weight excluding hydrogens is 306 g/mol. The Labute approximate surface area is 139 Å². The van der Waals surface area contributed by atoms with Gasteiger partial charge in [-0.25, -0.2) is 4.68 Å². The van der Waals surface area contributed by atoms with Gasteiger partial charge in [-0.2, -0.15) is 0 Å². The van der Waals surface area contributed by atoms with Gasteiger partial charge in [-0.1, -0.05) is 18.2 Å². The third-order valence-corrected chi connectivity index (χ3v) is 3.49. The van der Waals surface area contributed by atoms with Crippen LogP contribution in [0.15, 0.2) is 48.8 Å². The zero-order valence-electron chi connectivity index (χ0n) is 13.4. The van der Waals surface area contributed by atoms with E-state index in [1.807, 2.05) is 38.1 Å². The van der Waals surface area contributed by atoms with Crippen molar-refractivity contribution in [1.82, 2.24) is 20.2 Å². The largest absolute Gasteiger partial charge is 0.493 e. The lowest BCUT2D eigenvalue weighted by Gasteiger charge is -2.12. The second kappa shape index (κ2) is 6.91. The molecule has 1 aromatic heterocycles. The van der Waals surface area contributed by atoms with Crippen LogP contribution in [0.1, 0.15) is 22.8 Å². The van der Waals surface area contributed by atoms with Crippen LogP contribution < -0.4 is 10.1 Å². The van der Waals surface area contributed by atoms with E-state index >= 15 is 0 Å². The number of ether oxygens (including phenoxy) is 1. The number of carbonyl (C=O) groups is 1. The highest BCUT2D eigenvalue weighted by atomic mass is 16.5. The Morgan fingerprint density at radius 3 is 2.83 bits per heavy atom. The van der Waals surface area contributed by atoms with Gasteiger partial charge >= 0.3 is 0 Å². The number of anilines is 1. The first-order valence-electron chi connectivity index (χ1n) is 7.56. The van der Waals surface area contributed by atoms with Gasteiger partial charge < -0.3 is 10.1 Å². The lowest BCUT2D eigenvalue weighted by molar-refractivity contribution is 0.102. The van der Waals surface area contributed by atoms with Crippen LogP contribution in [0.5, 0.6) is 5.75 Å². The Hall–Kier alpha value is -3.22. The summed E-state index contributed by atoms with van der Waals surface area (Å²) in [7, 11) is 0. The van der Waals surface area contributed by atoms with Crippen LogP contribution in [0, 0.1) is 6.92 Å². The van der Waals surface area contributed by atoms with E-state index in [1.54, 1.807) is 22.9 Å². The molecule has 1 N–H and O–H groups in total. The number of nitrogens with one attached hydrogen (secondary N) is 1. The van der Waals surface area contributed by atoms with E-state index in [0.717, 1.165) is 11.3 Å². The number of aromatic nitrogens is 4. The molecule has 7 nitrogen and oxygen atoms in total. The molecule has 0 unspecified atom stereocenters. The molecule has 2 aromatic carbocycles. The zero-order chi connectivity index (χ0) is 16.9. The van der Waals surface area contributed by atoms with Crippen LogP contribution in [0.3, 0.4) is 0 Å². The van der Waals surface area contributed by atoms with Gasteiger partial charge in [0.05, 0.1) is 17.9 Å². The maximum absolute atomic E-state index is 12.6. The predicted molar refractivity (Wildman–Crippen MR) is 89.5 cm³/mol. The molecule has 0 aliphatic carbocycles. The van der Waals surface area contributed by atoms with Crippen molar-refractivity contribution in [3.63, 3.8) is 0 Å². The fraction of sp³-hybridized carbons (Fsp3) is 0.176. The summed E-state index contributed by atoms with van der Waals surface area (Å²) < 4.78 is 7.06. The van der Waals surface area contributed by atoms with E-state index in [9.17, 15) is 4.79 Å². The average molecular weight is 323 g/mol. The van der Waals surface area contributed by atoms with Crippen LogP contribution in [0.25, 0.3) is 5.69 Å². The minimum Gasteiger partial charge on any atom is -0.493 e. The Morgan fingerprint density at radius 1 is 1.25 bits per heavy atom. The maximum Gasteiger partial charge on any atom is 0.259 e. The number of tetrazole rings is 1. The van der Waals surface area contributed by atoms with Crippen molar-refractivity contribution in [2.24, 2.45) is 0 Å². The summed E-state index contributed by atoms with van der Waals surface area (Å²) in [5.74, 6) is 0.330. The van der Waals surface area contributed by atoms with E-state index in [4.69, 9.17) is 4.74 Å². The molecule has 0 aliphatic heterocycles. The number of rotatable bonds is 5. The molecule has 7 heteroatoms. The number of para-hydroxylation sites is 1. The fourth-order valence-electron chi connectivity index (χ4n) is 2.34. The molecule has 1 heterocycles. The number of carbonyl (C=O) groups excluding carboxylic acids is 1. The molecular formula is C17H17N5O2. The SMILES string of the molecule is CCOc1ccccc1C(=O)Nc1ccc(C)c(-n2cnnn2)c1. The molecule has 0 bridgehead atoms. The molecule has 0 atom stereocenters. The maximum atomic E-state index is 12.6. The highest BCUT2D eigenvalue weighted by molar-refractivity contribution is 6.06. The van der Waals surface area contributed by atoms with Gasteiger partial charge in [0, 0.05) is 5.69 Å². The van der Waals surface area contributed by atoms with Crippen molar-refractivity contribution < 1.29 is 9.53 Å². The van der Waals surface area contributed by atoms with Gasteiger partial charge in [-0.15, -0.1) is 5.10 Å². The molecule has 0 saturated heterocycles. The fourth-order valence-corrected chi connectivity index (χ4v) is 2.34. The van der Waals surface area contributed by atoms with Gasteiger partial charge in [0.25, 0.3) is 5.91 Å². The minimum atomic E-state index is -0.231. The van der Waals surface area contributed by atoms with Crippen molar-refractivity contribution in [2.45, 2.75) is 13.8 Å². The molecule has 3 aromatic rings. The molecule has 0 fully saturated rings. The van der Waals surface area contributed by atoms with E-state index in [2.05, 4.69) is 20.8 Å². The van der Waals surface area contributed by atoms with Gasteiger partial charge in [0.1, 0.15) is 12.1 Å². The van der Waals surface area contributed by atoms with E-state index < -0.39 is 0 Å². The second-order valence-electron chi connectivity index (χ2n) is 5.14. The molecule has 122 valence electrons. The van der Waals surface area contributed by atoms with Crippen LogP contribution in [0.2, 0.25) is 0 Å². The number of nitrogens with zero attached hydrogens (tertiary/aromatic N) is 4. The Bertz CT molecular complexity index is 846. The van der Waals surface area contributed by atoms with Gasteiger partial charge in [0.15, 0.2) is 0 Å². The highest BCUT2D eigenvalue weighted by Crippen LogP contribution is 2.22. The van der Waals surface area contributed by atoms with Crippen LogP contribution >= 0.6 is 0 Å². The third kappa shape index (κ3) is 3.24. The molecule has 0 radical (unpaired) electrons. The topological polar surface area (TPSA) is 81.9 Å². The van der Waals surface area contributed by atoms with E-state index in [-0.39, 0.29) is 5.91 Å². The number of benzene rings is 2. The molecule has 1 amide bonds. The molecule has 0 aliphatic rings. The van der Waals surface area contributed by atoms with E-state index in [1.165, 1.54) is 6.33 Å². The summed E-state index contributed by atoms with van der Waals surface area (Å²) in [5, 5.41) is 14.0. The van der Waals surface area contributed by atoms with Crippen LogP contribution in [0.4, 0.5) is 5.69 Å². The summed E-state index contributed by atoms with van der Waals surface area (Å²) in [6.07, 6.45) is 1.51. The van der Waals surface area contributed by atoms with Gasteiger partial charge in [-0.05, 0) is 54.1 Å². The summed E-state index contributed by atoms with van der Waals surface area (Å²) in [6, 6.07) is 12.7. The number of hydrogen-bond donors (Lipinski definition) is 1. The first-order valence-corrected chi connectivity index (χ1v) is 7.56. The number of hydrogen-bond acceptors (Lipinski definition) is 5. The van der Waals surface area contributed by atoms with E-state index in [0.29, 0.717) is 23.6 Å². The highest BCUT2D eigenvalue weighted by Gasteiger charge is 2.13. The summed E-state index contributed by atoms with van der Waals surface area (Å²) in [4.78, 5) is 12.6. The lowest BCUT2D eigenvalue weighted by Crippen LogP contribution is -2.14. The van der Waals surface area contributed by atoms with Gasteiger partial charge in [0.2, 0.25) is 0 Å². The predicted octanol–water partition coefficient (Wildman–Crippen LogP) is 2.62. The Kier molecular flexibility index (Phi) is 4.51. The standard InChI is InChI=1S/C17H17N5O2/c1-3-24-16-7-5-4-6-14(16)17(23)19-13-9-8-12(2)15(10-13)22-11-18-20-21-22/h4-11H,3H2,1-2H3,(H,19,23). The smallest absolute Gasteiger partial charge is 0.259 e. The summed E-state index contributed by atoms with van der Waals surface area (Å²) in [6.45, 7) is 4.33. The molecule has 3 rings (SSSR count). The number of amides is 1.